The Morgan fingerprint density at radius 3 is 2.55 bits per heavy atom. The molecule has 0 spiro atoms. The number of nitrogens with one attached hydrogen (secondary N) is 1. The Kier molecular flexibility index (Phi) is 8.53. The Balaban J connectivity index is 1.87. The Morgan fingerprint density at radius 2 is 1.91 bits per heavy atom. The molecule has 0 saturated heterocycles. The van der Waals surface area contributed by atoms with E-state index in [1.54, 1.807) is 12.4 Å². The van der Waals surface area contributed by atoms with Crippen LogP contribution >= 0.6 is 0 Å². The summed E-state index contributed by atoms with van der Waals surface area (Å²) in [5, 5.41) is 24.6. The molecule has 2 heterocycles. The van der Waals surface area contributed by atoms with E-state index in [1.807, 2.05) is 45.1 Å². The van der Waals surface area contributed by atoms with E-state index in [-0.39, 0.29) is 18.4 Å². The normalized spacial score (nSPS) is 16.5. The number of aliphatic hydroxyl groups excluding tert-OH is 2. The Morgan fingerprint density at radius 1 is 1.21 bits per heavy atom. The summed E-state index contributed by atoms with van der Waals surface area (Å²) >= 11 is 0. The van der Waals surface area contributed by atoms with Crippen molar-refractivity contribution in [3.05, 3.63) is 59.1 Å². The topological polar surface area (TPSA) is 95.3 Å². The second-order valence-electron chi connectivity index (χ2n) is 8.75. The molecule has 1 amide bonds. The van der Waals surface area contributed by atoms with Crippen molar-refractivity contribution in [1.82, 2.24) is 9.97 Å². The molecule has 0 aliphatic heterocycles. The van der Waals surface area contributed by atoms with Crippen LogP contribution in [0.15, 0.2) is 53.4 Å². The minimum Gasteiger partial charge on any atom is -0.396 e. The van der Waals surface area contributed by atoms with Crippen molar-refractivity contribution >= 4 is 28.1 Å². The van der Waals surface area contributed by atoms with Crippen LogP contribution in [0.25, 0.3) is 16.3 Å². The van der Waals surface area contributed by atoms with Crippen molar-refractivity contribution in [3.8, 4) is 0 Å². The first-order valence-corrected chi connectivity index (χ1v) is 11.8. The van der Waals surface area contributed by atoms with Crippen LogP contribution in [-0.4, -0.2) is 38.8 Å². The van der Waals surface area contributed by atoms with Gasteiger partial charge in [0.1, 0.15) is 5.82 Å². The lowest BCUT2D eigenvalue weighted by Gasteiger charge is -2.17. The molecule has 1 saturated carbocycles. The smallest absolute Gasteiger partial charge is 0.228 e. The zero-order valence-corrected chi connectivity index (χ0v) is 20.1. The van der Waals surface area contributed by atoms with Crippen molar-refractivity contribution in [2.45, 2.75) is 65.9 Å². The second kappa shape index (κ2) is 11.3. The lowest BCUT2D eigenvalue weighted by Crippen LogP contribution is -2.14. The van der Waals surface area contributed by atoms with Gasteiger partial charge in [0.25, 0.3) is 0 Å². The maximum Gasteiger partial charge on any atom is 0.228 e. The van der Waals surface area contributed by atoms with E-state index in [1.165, 1.54) is 0 Å². The number of rotatable bonds is 10. The maximum atomic E-state index is 12.0. The summed E-state index contributed by atoms with van der Waals surface area (Å²) in [4.78, 5) is 21.1. The highest BCUT2D eigenvalue weighted by Crippen LogP contribution is 2.31. The van der Waals surface area contributed by atoms with Crippen LogP contribution in [0, 0.1) is 5.92 Å². The molecule has 3 rings (SSSR count). The quantitative estimate of drug-likeness (QED) is 0.434. The van der Waals surface area contributed by atoms with Crippen molar-refractivity contribution in [1.29, 1.82) is 0 Å². The minimum absolute atomic E-state index is 0.0378. The third kappa shape index (κ3) is 6.36. The number of allylic oxidation sites excluding steroid dienone is 4. The number of carbonyl (C=O) groups is 1. The molecular weight excluding hydrogens is 414 g/mol. The monoisotopic (exact) mass is 449 g/mol. The molecule has 0 radical (unpaired) electrons. The van der Waals surface area contributed by atoms with Crippen LogP contribution in [-0.2, 0) is 4.79 Å². The van der Waals surface area contributed by atoms with Crippen LogP contribution < -0.4 is 5.32 Å². The highest BCUT2D eigenvalue weighted by atomic mass is 16.3. The van der Waals surface area contributed by atoms with Gasteiger partial charge in [0.15, 0.2) is 0 Å². The van der Waals surface area contributed by atoms with Crippen LogP contribution in [0.5, 0.6) is 0 Å². The second-order valence-corrected chi connectivity index (χ2v) is 8.75. The van der Waals surface area contributed by atoms with E-state index in [9.17, 15) is 9.90 Å². The summed E-state index contributed by atoms with van der Waals surface area (Å²) in [6.07, 6.45) is 10.9. The predicted molar refractivity (Wildman–Crippen MR) is 134 cm³/mol. The average molecular weight is 450 g/mol. The van der Waals surface area contributed by atoms with Crippen molar-refractivity contribution < 1.29 is 15.0 Å². The fourth-order valence-corrected chi connectivity index (χ4v) is 3.86. The highest BCUT2D eigenvalue weighted by molar-refractivity contribution is 5.95. The highest BCUT2D eigenvalue weighted by Gasteiger charge is 2.29. The molecule has 2 aromatic rings. The molecule has 6 heteroatoms. The molecule has 1 aliphatic rings. The minimum atomic E-state index is -0.608. The van der Waals surface area contributed by atoms with Gasteiger partial charge >= 0.3 is 0 Å². The van der Waals surface area contributed by atoms with Gasteiger partial charge in [-0.05, 0) is 81.7 Å². The third-order valence-electron chi connectivity index (χ3n) is 6.18. The van der Waals surface area contributed by atoms with Gasteiger partial charge in [-0.15, -0.1) is 0 Å². The summed E-state index contributed by atoms with van der Waals surface area (Å²) in [7, 11) is 0. The molecule has 6 nitrogen and oxygen atoms in total. The number of aliphatic hydroxyl groups is 2. The first-order chi connectivity index (χ1) is 15.9. The Labute approximate surface area is 196 Å². The molecule has 1 aliphatic carbocycles. The number of anilines is 1. The zero-order chi connectivity index (χ0) is 24.0. The summed E-state index contributed by atoms with van der Waals surface area (Å²) in [5.74, 6) is 0.723. The van der Waals surface area contributed by atoms with Gasteiger partial charge in [-0.2, -0.15) is 0 Å². The van der Waals surface area contributed by atoms with E-state index < -0.39 is 6.10 Å². The van der Waals surface area contributed by atoms with Gasteiger partial charge in [-0.1, -0.05) is 24.6 Å². The molecule has 1 atom stereocenters. The number of hydrogen-bond donors (Lipinski definition) is 3. The molecule has 1 fully saturated rings. The lowest BCUT2D eigenvalue weighted by molar-refractivity contribution is -0.117. The summed E-state index contributed by atoms with van der Waals surface area (Å²) < 4.78 is 0. The number of fused-ring (bicyclic) bond motifs is 1. The standard InChI is InChI=1S/C27H35N3O3/c1-5-17(3)23(25(32)8-7-11-31)12-18(4)22(6-2)24-13-20-16-29-26(14-21(20)15-28-24)30-27(33)19-9-10-19/h6,12-16,19,25,31-32H,5,7-11H2,1-4H3,(H,29,30,33)/b18-12-,22-6+,23-17-. The van der Waals surface area contributed by atoms with Crippen molar-refractivity contribution in [3.63, 3.8) is 0 Å². The molecule has 176 valence electrons. The van der Waals surface area contributed by atoms with Crippen LogP contribution in [0.1, 0.15) is 65.5 Å². The molecule has 2 aromatic heterocycles. The van der Waals surface area contributed by atoms with E-state index >= 15 is 0 Å². The molecule has 0 bridgehead atoms. The van der Waals surface area contributed by atoms with Crippen molar-refractivity contribution in [2.75, 3.05) is 11.9 Å². The summed E-state index contributed by atoms with van der Waals surface area (Å²) in [6, 6.07) is 3.85. The van der Waals surface area contributed by atoms with Gasteiger partial charge in [-0.3, -0.25) is 9.78 Å². The average Bonchev–Trinajstić information content (AvgIpc) is 3.66. The van der Waals surface area contributed by atoms with Gasteiger partial charge in [0.05, 0.1) is 11.8 Å². The summed E-state index contributed by atoms with van der Waals surface area (Å²) in [5.41, 5.74) is 4.86. The van der Waals surface area contributed by atoms with E-state index in [2.05, 4.69) is 22.2 Å². The van der Waals surface area contributed by atoms with Crippen molar-refractivity contribution in [2.24, 2.45) is 5.92 Å². The molecule has 3 N–H and O–H groups in total. The molecule has 0 aromatic carbocycles. The molecule has 33 heavy (non-hydrogen) atoms. The van der Waals surface area contributed by atoms with Gasteiger partial charge in [-0.25, -0.2) is 4.98 Å². The summed E-state index contributed by atoms with van der Waals surface area (Å²) in [6.45, 7) is 8.19. The van der Waals surface area contributed by atoms with Crippen LogP contribution in [0.2, 0.25) is 0 Å². The lowest BCUT2D eigenvalue weighted by atomic mass is 9.93. The predicted octanol–water partition coefficient (Wildman–Crippen LogP) is 5.19. The van der Waals surface area contributed by atoms with E-state index in [0.29, 0.717) is 18.7 Å². The molecular formula is C27H35N3O3. The largest absolute Gasteiger partial charge is 0.396 e. The zero-order valence-electron chi connectivity index (χ0n) is 20.1. The Hall–Kier alpha value is -2.83. The number of hydrogen-bond acceptors (Lipinski definition) is 5. The third-order valence-corrected chi connectivity index (χ3v) is 6.18. The first-order valence-electron chi connectivity index (χ1n) is 11.8. The molecule has 1 unspecified atom stereocenters. The van der Waals surface area contributed by atoms with E-state index in [0.717, 1.165) is 58.0 Å². The van der Waals surface area contributed by atoms with Gasteiger partial charge < -0.3 is 15.5 Å². The SMILES string of the molecule is C\C=C(/C(C)=C\C(=C(/C)CC)C(O)CCCO)c1cc2cnc(NC(=O)C3CC3)cc2cn1. The fraction of sp³-hybridized carbons (Fsp3) is 0.444. The van der Waals surface area contributed by atoms with Crippen LogP contribution in [0.4, 0.5) is 5.82 Å². The van der Waals surface area contributed by atoms with E-state index in [4.69, 9.17) is 5.11 Å². The first kappa shape index (κ1) is 24.8. The number of nitrogens with zero attached hydrogens (tertiary/aromatic N) is 2. The van der Waals surface area contributed by atoms with Gasteiger partial charge in [0, 0.05) is 35.7 Å². The van der Waals surface area contributed by atoms with Crippen LogP contribution in [0.3, 0.4) is 0 Å². The number of amides is 1. The number of pyridine rings is 2. The number of aromatic nitrogens is 2. The maximum absolute atomic E-state index is 12.0. The van der Waals surface area contributed by atoms with Gasteiger partial charge in [0.2, 0.25) is 5.91 Å². The fourth-order valence-electron chi connectivity index (χ4n) is 3.86. The Bertz CT molecular complexity index is 1100. The number of carbonyl (C=O) groups excluding carboxylic acids is 1.